The molecule has 0 N–H and O–H groups in total. The van der Waals surface area contributed by atoms with E-state index in [1.807, 2.05) is 0 Å². The van der Waals surface area contributed by atoms with Crippen LogP contribution in [0.1, 0.15) is 29.5 Å². The molecule has 4 heteroatoms. The Kier molecular flexibility index (Phi) is 12.2. The van der Waals surface area contributed by atoms with Crippen molar-refractivity contribution in [3.8, 4) is 0 Å². The van der Waals surface area contributed by atoms with Crippen molar-refractivity contribution in [2.75, 3.05) is 26.2 Å². The molecule has 3 aromatic carbocycles. The molecular weight excluding hydrogens is 459 g/mol. The van der Waals surface area contributed by atoms with Crippen LogP contribution in [0.5, 0.6) is 0 Å². The van der Waals surface area contributed by atoms with Gasteiger partial charge in [-0.2, -0.15) is 6.42 Å². The SMILES string of the molecule is C[Si](C)(Cc1ccccc1)C1=CCN(Cc2ccccc2)CC1.[C-]1=CCN(Cc2ccccc2)CC1.[Li+]. The van der Waals surface area contributed by atoms with Gasteiger partial charge in [-0.05, 0) is 36.7 Å². The molecule has 0 aliphatic carbocycles. The predicted molar refractivity (Wildman–Crippen MR) is 156 cm³/mol. The molecule has 0 fully saturated rings. The minimum Gasteiger partial charge on any atom is -0.498 e. The van der Waals surface area contributed by atoms with Crippen LogP contribution in [0.15, 0.2) is 108 Å². The van der Waals surface area contributed by atoms with E-state index in [-0.39, 0.29) is 18.9 Å². The Labute approximate surface area is 238 Å². The van der Waals surface area contributed by atoms with Gasteiger partial charge in [0, 0.05) is 26.2 Å². The molecule has 5 rings (SSSR count). The third-order valence-electron chi connectivity index (χ3n) is 7.22. The van der Waals surface area contributed by atoms with Crippen molar-refractivity contribution in [2.45, 2.75) is 45.1 Å². The van der Waals surface area contributed by atoms with Gasteiger partial charge in [0.2, 0.25) is 0 Å². The van der Waals surface area contributed by atoms with E-state index in [0.717, 1.165) is 39.1 Å². The van der Waals surface area contributed by atoms with Crippen molar-refractivity contribution < 1.29 is 18.9 Å². The first-order valence-corrected chi connectivity index (χ1v) is 16.6. The van der Waals surface area contributed by atoms with Gasteiger partial charge in [0.1, 0.15) is 0 Å². The summed E-state index contributed by atoms with van der Waals surface area (Å²) >= 11 is 0. The van der Waals surface area contributed by atoms with Crippen LogP contribution in [0, 0.1) is 6.08 Å². The van der Waals surface area contributed by atoms with Crippen molar-refractivity contribution in [3.05, 3.63) is 131 Å². The molecule has 188 valence electrons. The third kappa shape index (κ3) is 9.93. The molecule has 0 unspecified atom stereocenters. The molecule has 2 aliphatic rings. The number of hydrogen-bond donors (Lipinski definition) is 0. The molecule has 0 spiro atoms. The van der Waals surface area contributed by atoms with Crippen LogP contribution in [0.4, 0.5) is 0 Å². The van der Waals surface area contributed by atoms with Gasteiger partial charge < -0.3 is 11.0 Å². The topological polar surface area (TPSA) is 6.48 Å². The molecule has 0 amide bonds. The van der Waals surface area contributed by atoms with Gasteiger partial charge in [-0.1, -0.05) is 121 Å². The van der Waals surface area contributed by atoms with Crippen LogP contribution in [-0.4, -0.2) is 44.1 Å². The fraction of sp³-hybridized carbons (Fsp3) is 0.333. The average Bonchev–Trinajstić information content (AvgIpc) is 2.92. The van der Waals surface area contributed by atoms with Gasteiger partial charge in [-0.3, -0.25) is 11.0 Å². The molecular formula is C33H41LiN2Si. The quantitative estimate of drug-likeness (QED) is 0.356. The third-order valence-corrected chi connectivity index (χ3v) is 10.7. The summed E-state index contributed by atoms with van der Waals surface area (Å²) in [4.78, 5) is 5.00. The summed E-state index contributed by atoms with van der Waals surface area (Å²) in [7, 11) is -1.33. The second-order valence-corrected chi connectivity index (χ2v) is 15.4. The first-order valence-electron chi connectivity index (χ1n) is 13.4. The minimum absolute atomic E-state index is 0. The molecule has 2 heterocycles. The van der Waals surface area contributed by atoms with Crippen LogP contribution < -0.4 is 18.9 Å². The summed E-state index contributed by atoms with van der Waals surface area (Å²) < 4.78 is 0. The first-order chi connectivity index (χ1) is 17.6. The van der Waals surface area contributed by atoms with E-state index in [2.05, 4.69) is 132 Å². The van der Waals surface area contributed by atoms with Crippen LogP contribution in [0.3, 0.4) is 0 Å². The van der Waals surface area contributed by atoms with Gasteiger partial charge in [0.15, 0.2) is 0 Å². The van der Waals surface area contributed by atoms with E-state index < -0.39 is 8.07 Å². The molecule has 0 atom stereocenters. The maximum absolute atomic E-state index is 3.23. The number of nitrogens with zero attached hydrogens (tertiary/aromatic N) is 2. The summed E-state index contributed by atoms with van der Waals surface area (Å²) in [6, 6.07) is 33.7. The van der Waals surface area contributed by atoms with Gasteiger partial charge in [0.25, 0.3) is 0 Å². The zero-order valence-corrected chi connectivity index (χ0v) is 24.1. The predicted octanol–water partition coefficient (Wildman–Crippen LogP) is 4.10. The van der Waals surface area contributed by atoms with E-state index >= 15 is 0 Å². The molecule has 3 aromatic rings. The number of benzene rings is 3. The zero-order valence-electron chi connectivity index (χ0n) is 23.1. The zero-order chi connectivity index (χ0) is 25.1. The van der Waals surface area contributed by atoms with Crippen molar-refractivity contribution >= 4 is 8.07 Å². The molecule has 0 saturated heterocycles. The Morgan fingerprint density at radius 3 is 1.65 bits per heavy atom. The Morgan fingerprint density at radius 2 is 1.19 bits per heavy atom. The Morgan fingerprint density at radius 1 is 0.676 bits per heavy atom. The molecule has 37 heavy (non-hydrogen) atoms. The van der Waals surface area contributed by atoms with Crippen molar-refractivity contribution in [3.63, 3.8) is 0 Å². The van der Waals surface area contributed by atoms with E-state index in [0.29, 0.717) is 0 Å². The van der Waals surface area contributed by atoms with Crippen LogP contribution >= 0.6 is 0 Å². The Balaban J connectivity index is 0.000000231. The van der Waals surface area contributed by atoms with E-state index in [1.54, 1.807) is 5.20 Å². The Hall–Kier alpha value is -2.13. The van der Waals surface area contributed by atoms with Crippen molar-refractivity contribution in [1.29, 1.82) is 0 Å². The van der Waals surface area contributed by atoms with E-state index in [9.17, 15) is 0 Å². The average molecular weight is 501 g/mol. The summed E-state index contributed by atoms with van der Waals surface area (Å²) in [5, 5.41) is 1.76. The minimum atomic E-state index is -1.33. The number of hydrogen-bond acceptors (Lipinski definition) is 2. The number of rotatable bonds is 7. The van der Waals surface area contributed by atoms with Gasteiger partial charge in [-0.25, -0.2) is 0 Å². The van der Waals surface area contributed by atoms with Crippen LogP contribution in [0.25, 0.3) is 0 Å². The normalized spacial score (nSPS) is 16.2. The van der Waals surface area contributed by atoms with E-state index in [1.165, 1.54) is 35.7 Å². The summed E-state index contributed by atoms with van der Waals surface area (Å²) in [5.74, 6) is 0. The fourth-order valence-corrected chi connectivity index (χ4v) is 8.04. The molecule has 0 aromatic heterocycles. The fourth-order valence-electron chi connectivity index (χ4n) is 5.13. The molecule has 0 radical (unpaired) electrons. The second-order valence-electron chi connectivity index (χ2n) is 10.6. The summed E-state index contributed by atoms with van der Waals surface area (Å²) in [5.41, 5.74) is 4.32. The van der Waals surface area contributed by atoms with Crippen LogP contribution in [0.2, 0.25) is 13.1 Å². The smallest absolute Gasteiger partial charge is 0.498 e. The standard InChI is InChI=1S/C21H27NSi.C12H14N.Li/c1-23(2,18-20-11-7-4-8-12-20)21-13-15-22(16-14-21)17-19-9-5-3-6-10-19;1-3-7-12(8-4-1)11-13-9-5-2-6-10-13;/h3-13H,14-18H2,1-2H3;1,3-5,7-8H,6,9-11H2;/q;-1;+1. The molecule has 0 bridgehead atoms. The molecule has 0 saturated carbocycles. The summed E-state index contributed by atoms with van der Waals surface area (Å²) in [6.45, 7) is 11.7. The van der Waals surface area contributed by atoms with E-state index in [4.69, 9.17) is 0 Å². The molecule has 2 aliphatic heterocycles. The Bertz CT molecular complexity index is 1100. The maximum atomic E-state index is 3.23. The van der Waals surface area contributed by atoms with Gasteiger partial charge >= 0.3 is 18.9 Å². The maximum Gasteiger partial charge on any atom is 1.00 e. The van der Waals surface area contributed by atoms with Gasteiger partial charge in [0.05, 0.1) is 8.07 Å². The molecule has 2 nitrogen and oxygen atoms in total. The van der Waals surface area contributed by atoms with Gasteiger partial charge in [-0.15, -0.1) is 0 Å². The summed E-state index contributed by atoms with van der Waals surface area (Å²) in [6.07, 6.45) is 10.2. The monoisotopic (exact) mass is 500 g/mol. The first kappa shape index (κ1) is 29.4. The second kappa shape index (κ2) is 15.3. The van der Waals surface area contributed by atoms with Crippen LogP contribution in [-0.2, 0) is 19.1 Å². The van der Waals surface area contributed by atoms with Crippen molar-refractivity contribution in [1.82, 2.24) is 9.80 Å². The largest absolute Gasteiger partial charge is 1.00 e. The van der Waals surface area contributed by atoms with Crippen molar-refractivity contribution in [2.24, 2.45) is 0 Å².